The van der Waals surface area contributed by atoms with Gasteiger partial charge in [0.05, 0.1) is 24.9 Å². The van der Waals surface area contributed by atoms with Crippen LogP contribution in [0.3, 0.4) is 0 Å². The highest BCUT2D eigenvalue weighted by Gasteiger charge is 2.32. The Bertz CT molecular complexity index is 1350. The predicted octanol–water partition coefficient (Wildman–Crippen LogP) is 4.67. The van der Waals surface area contributed by atoms with Crippen LogP contribution in [0.2, 0.25) is 0 Å². The van der Waals surface area contributed by atoms with Gasteiger partial charge in [0, 0.05) is 6.54 Å². The number of amides is 2. The smallest absolute Gasteiger partial charge is 0.414 e. The molecule has 39 heavy (non-hydrogen) atoms. The number of rotatable bonds is 6. The minimum absolute atomic E-state index is 0.207. The summed E-state index contributed by atoms with van der Waals surface area (Å²) in [6.45, 7) is 4.26. The Balaban J connectivity index is 1.35. The number of hydrogen-bond acceptors (Lipinski definition) is 5. The van der Waals surface area contributed by atoms with E-state index in [-0.39, 0.29) is 17.7 Å². The summed E-state index contributed by atoms with van der Waals surface area (Å²) in [5, 5.41) is 13.0. The van der Waals surface area contributed by atoms with E-state index in [4.69, 9.17) is 10.5 Å². The molecule has 1 aliphatic carbocycles. The third kappa shape index (κ3) is 5.64. The maximum absolute atomic E-state index is 13.3. The molecule has 0 bridgehead atoms. The van der Waals surface area contributed by atoms with Gasteiger partial charge >= 0.3 is 6.09 Å². The van der Waals surface area contributed by atoms with Gasteiger partial charge in [0.15, 0.2) is 0 Å². The Hall–Kier alpha value is -3.84. The van der Waals surface area contributed by atoms with E-state index in [9.17, 15) is 14.7 Å². The van der Waals surface area contributed by atoms with E-state index in [1.165, 1.54) is 23.8 Å². The van der Waals surface area contributed by atoms with Crippen molar-refractivity contribution in [2.45, 2.75) is 58.0 Å². The number of carbonyl (C=O) groups is 2. The van der Waals surface area contributed by atoms with Gasteiger partial charge in [-0.05, 0) is 109 Å². The maximum Gasteiger partial charge on any atom is 0.414 e. The first-order valence-corrected chi connectivity index (χ1v) is 13.6. The Morgan fingerprint density at radius 1 is 1.08 bits per heavy atom. The lowest BCUT2D eigenvalue weighted by Gasteiger charge is -2.34. The van der Waals surface area contributed by atoms with Crippen LogP contribution in [0.15, 0.2) is 54.6 Å². The number of phenolic OH excluding ortho intramolecular Hbond substituents is 1. The summed E-state index contributed by atoms with van der Waals surface area (Å²) in [5.41, 5.74) is 14.9. The average molecular weight is 528 g/mol. The Kier molecular flexibility index (Phi) is 7.62. The van der Waals surface area contributed by atoms with Gasteiger partial charge in [0.2, 0.25) is 5.91 Å². The molecule has 2 atom stereocenters. The normalized spacial score (nSPS) is 17.3. The lowest BCUT2D eigenvalue weighted by molar-refractivity contribution is -0.123. The highest BCUT2D eigenvalue weighted by molar-refractivity contribution is 5.90. The van der Waals surface area contributed by atoms with Crippen molar-refractivity contribution in [2.24, 2.45) is 11.7 Å². The molecule has 0 unspecified atom stereocenters. The second kappa shape index (κ2) is 11.1. The van der Waals surface area contributed by atoms with Crippen LogP contribution in [-0.2, 0) is 35.2 Å². The molecule has 7 heteroatoms. The van der Waals surface area contributed by atoms with Gasteiger partial charge in [-0.3, -0.25) is 9.69 Å². The topological polar surface area (TPSA) is 105 Å². The molecular weight excluding hydrogens is 490 g/mol. The van der Waals surface area contributed by atoms with E-state index in [1.807, 2.05) is 19.9 Å². The van der Waals surface area contributed by atoms with Crippen molar-refractivity contribution in [1.29, 1.82) is 0 Å². The molecule has 2 aliphatic rings. The van der Waals surface area contributed by atoms with Crippen LogP contribution in [0.5, 0.6) is 5.75 Å². The van der Waals surface area contributed by atoms with E-state index in [2.05, 4.69) is 41.7 Å². The quantitative estimate of drug-likeness (QED) is 0.432. The molecule has 0 fully saturated rings. The first-order valence-electron chi connectivity index (χ1n) is 13.6. The van der Waals surface area contributed by atoms with Gasteiger partial charge < -0.3 is 20.9 Å². The molecule has 3 aromatic carbocycles. The number of phenols is 1. The number of anilines is 1. The molecule has 4 N–H and O–H groups in total. The van der Waals surface area contributed by atoms with E-state index >= 15 is 0 Å². The SMILES string of the molecule is COC(=O)N1CC[C@@H](NC(=O)[C@@H](N)Cc2c(C)cc(O)cc2C)c2cc(CC3Cc4ccccc4C3)ccc21. The summed E-state index contributed by atoms with van der Waals surface area (Å²) in [4.78, 5) is 27.4. The van der Waals surface area contributed by atoms with Crippen molar-refractivity contribution in [1.82, 2.24) is 5.32 Å². The molecule has 5 rings (SSSR count). The van der Waals surface area contributed by atoms with Crippen LogP contribution in [0.4, 0.5) is 10.5 Å². The van der Waals surface area contributed by atoms with Gasteiger partial charge in [-0.2, -0.15) is 0 Å². The van der Waals surface area contributed by atoms with Crippen molar-refractivity contribution in [3.8, 4) is 5.75 Å². The number of nitrogens with zero attached hydrogens (tertiary/aromatic N) is 1. The van der Waals surface area contributed by atoms with Crippen molar-refractivity contribution >= 4 is 17.7 Å². The van der Waals surface area contributed by atoms with Crippen LogP contribution in [0.1, 0.15) is 51.4 Å². The lowest BCUT2D eigenvalue weighted by Crippen LogP contribution is -2.46. The van der Waals surface area contributed by atoms with Crippen LogP contribution >= 0.6 is 0 Å². The number of nitrogens with one attached hydrogen (secondary N) is 1. The number of fused-ring (bicyclic) bond motifs is 2. The average Bonchev–Trinajstić information content (AvgIpc) is 3.32. The van der Waals surface area contributed by atoms with Crippen molar-refractivity contribution in [3.63, 3.8) is 0 Å². The molecule has 3 aromatic rings. The highest BCUT2D eigenvalue weighted by atomic mass is 16.5. The zero-order valence-electron chi connectivity index (χ0n) is 22.9. The Morgan fingerprint density at radius 3 is 2.38 bits per heavy atom. The number of methoxy groups -OCH3 is 1. The molecule has 7 nitrogen and oxygen atoms in total. The first kappa shape index (κ1) is 26.8. The molecular formula is C32H37N3O4. The number of benzene rings is 3. The largest absolute Gasteiger partial charge is 0.508 e. The molecule has 2 amide bonds. The number of hydrogen-bond donors (Lipinski definition) is 3. The second-order valence-electron chi connectivity index (χ2n) is 11.0. The van der Waals surface area contributed by atoms with Crippen molar-refractivity contribution < 1.29 is 19.4 Å². The van der Waals surface area contributed by atoms with Gasteiger partial charge in [-0.1, -0.05) is 36.4 Å². The van der Waals surface area contributed by atoms with Crippen LogP contribution in [0, 0.1) is 19.8 Å². The third-order valence-corrected chi connectivity index (χ3v) is 8.21. The number of ether oxygens (including phenoxy) is 1. The molecule has 0 radical (unpaired) electrons. The maximum atomic E-state index is 13.3. The van der Waals surface area contributed by atoms with Crippen molar-refractivity contribution in [3.05, 3.63) is 93.5 Å². The van der Waals surface area contributed by atoms with Crippen LogP contribution < -0.4 is 16.0 Å². The molecule has 1 heterocycles. The van der Waals surface area contributed by atoms with Crippen LogP contribution in [0.25, 0.3) is 0 Å². The summed E-state index contributed by atoms with van der Waals surface area (Å²) in [5.74, 6) is 0.498. The van der Waals surface area contributed by atoms with Gasteiger partial charge in [0.1, 0.15) is 5.75 Å². The van der Waals surface area contributed by atoms with E-state index in [0.717, 1.165) is 47.2 Å². The predicted molar refractivity (Wildman–Crippen MR) is 152 cm³/mol. The molecule has 0 spiro atoms. The molecule has 0 aromatic heterocycles. The third-order valence-electron chi connectivity index (χ3n) is 8.21. The lowest BCUT2D eigenvalue weighted by atomic mass is 9.90. The second-order valence-corrected chi connectivity index (χ2v) is 11.0. The van der Waals surface area contributed by atoms with E-state index in [1.54, 1.807) is 17.0 Å². The minimum atomic E-state index is -0.741. The first-order chi connectivity index (χ1) is 18.7. The fraction of sp³-hybridized carbons (Fsp3) is 0.375. The Labute approximate surface area is 230 Å². The number of carbonyl (C=O) groups excluding carboxylic acids is 2. The number of nitrogens with two attached hydrogens (primary N) is 1. The monoisotopic (exact) mass is 527 g/mol. The summed E-state index contributed by atoms with van der Waals surface area (Å²) in [7, 11) is 1.38. The summed E-state index contributed by atoms with van der Waals surface area (Å²) in [6.07, 6.45) is 3.59. The molecule has 0 saturated heterocycles. The fourth-order valence-corrected chi connectivity index (χ4v) is 6.25. The zero-order valence-corrected chi connectivity index (χ0v) is 22.9. The van der Waals surface area contributed by atoms with E-state index in [0.29, 0.717) is 25.3 Å². The minimum Gasteiger partial charge on any atom is -0.508 e. The fourth-order valence-electron chi connectivity index (χ4n) is 6.25. The van der Waals surface area contributed by atoms with E-state index < -0.39 is 12.1 Å². The van der Waals surface area contributed by atoms with Crippen LogP contribution in [-0.4, -0.2) is 36.8 Å². The summed E-state index contributed by atoms with van der Waals surface area (Å²) in [6, 6.07) is 17.2. The van der Waals surface area contributed by atoms with Gasteiger partial charge in [-0.25, -0.2) is 4.79 Å². The Morgan fingerprint density at radius 2 is 1.74 bits per heavy atom. The summed E-state index contributed by atoms with van der Waals surface area (Å²) >= 11 is 0. The van der Waals surface area contributed by atoms with Gasteiger partial charge in [-0.15, -0.1) is 0 Å². The molecule has 204 valence electrons. The molecule has 1 aliphatic heterocycles. The number of aryl methyl sites for hydroxylation is 2. The zero-order chi connectivity index (χ0) is 27.7. The number of aromatic hydroxyl groups is 1. The highest BCUT2D eigenvalue weighted by Crippen LogP contribution is 2.37. The standard InChI is InChI=1S/C32H37N3O4/c1-19-12-25(36)13-20(2)26(19)18-28(33)31(37)34-29-10-11-35(32(38)39-3)30-9-8-21(17-27(29)30)14-22-15-23-6-4-5-7-24(23)16-22/h4-9,12-13,17,22,28-29,36H,10-11,14-16,18,33H2,1-3H3,(H,34,37)/t28-,29+/m0/s1. The summed E-state index contributed by atoms with van der Waals surface area (Å²) < 4.78 is 5.03. The van der Waals surface area contributed by atoms with Crippen molar-refractivity contribution in [2.75, 3.05) is 18.6 Å². The molecule has 0 saturated carbocycles. The van der Waals surface area contributed by atoms with Gasteiger partial charge in [0.25, 0.3) is 0 Å².